The molecule has 3 aromatic carbocycles. The second kappa shape index (κ2) is 12.7. The molecule has 4 atom stereocenters. The lowest BCUT2D eigenvalue weighted by Gasteiger charge is -2.35. The SMILES string of the molecule is C=C(C)[C@H](O)[C@@H](C)C(=O)O[C@H](c1ccccc1)[C@H](C)N(Cc1ccccc1)S(=O)(=O)c1c(C)cc(C)cc1C. The summed E-state index contributed by atoms with van der Waals surface area (Å²) in [6.07, 6.45) is -2.01. The number of carbonyl (C=O) groups is 1. The minimum atomic E-state index is -4.04. The van der Waals surface area contributed by atoms with Gasteiger partial charge in [0.1, 0.15) is 6.10 Å². The van der Waals surface area contributed by atoms with Gasteiger partial charge in [0.2, 0.25) is 10.0 Å². The highest BCUT2D eigenvalue weighted by molar-refractivity contribution is 7.89. The maximum atomic E-state index is 14.4. The Labute approximate surface area is 233 Å². The zero-order chi connectivity index (χ0) is 28.9. The highest BCUT2D eigenvalue weighted by atomic mass is 32.2. The van der Waals surface area contributed by atoms with Gasteiger partial charge in [-0.05, 0) is 63.8 Å². The zero-order valence-corrected chi connectivity index (χ0v) is 24.4. The van der Waals surface area contributed by atoms with Crippen molar-refractivity contribution in [2.45, 2.75) is 71.2 Å². The largest absolute Gasteiger partial charge is 0.455 e. The van der Waals surface area contributed by atoms with E-state index in [0.717, 1.165) is 11.1 Å². The van der Waals surface area contributed by atoms with Crippen molar-refractivity contribution in [3.05, 3.63) is 113 Å². The standard InChI is InChI=1S/C32H39NO5S/c1-21(2)29(34)25(6)32(35)38-30(28-16-12-9-13-17-28)26(7)33(20-27-14-10-8-11-15-27)39(36,37)31-23(4)18-22(3)19-24(31)5/h8-19,25-26,29-30,34H,1,20H2,2-7H3/t25-,26+,29+,30+/m1/s1. The minimum absolute atomic E-state index is 0.0852. The summed E-state index contributed by atoms with van der Waals surface area (Å²) in [7, 11) is -4.04. The van der Waals surface area contributed by atoms with E-state index >= 15 is 0 Å². The maximum absolute atomic E-state index is 14.4. The molecule has 0 saturated heterocycles. The minimum Gasteiger partial charge on any atom is -0.455 e. The lowest BCUT2D eigenvalue weighted by molar-refractivity contribution is -0.159. The van der Waals surface area contributed by atoms with Crippen molar-refractivity contribution in [1.82, 2.24) is 4.31 Å². The predicted octanol–water partition coefficient (Wildman–Crippen LogP) is 6.05. The number of aryl methyl sites for hydroxylation is 3. The van der Waals surface area contributed by atoms with E-state index in [1.165, 1.54) is 4.31 Å². The third kappa shape index (κ3) is 7.04. The summed E-state index contributed by atoms with van der Waals surface area (Å²) < 4.78 is 36.3. The van der Waals surface area contributed by atoms with Crippen LogP contribution >= 0.6 is 0 Å². The van der Waals surface area contributed by atoms with E-state index in [2.05, 4.69) is 6.58 Å². The molecule has 0 amide bonds. The molecule has 0 aliphatic carbocycles. The lowest BCUT2D eigenvalue weighted by Crippen LogP contribution is -2.44. The molecule has 0 aliphatic rings. The van der Waals surface area contributed by atoms with Crippen molar-refractivity contribution in [3.63, 3.8) is 0 Å². The molecule has 0 aliphatic heterocycles. The number of nitrogens with zero attached hydrogens (tertiary/aromatic N) is 1. The van der Waals surface area contributed by atoms with E-state index in [1.54, 1.807) is 34.6 Å². The molecule has 1 N–H and O–H groups in total. The summed E-state index contributed by atoms with van der Waals surface area (Å²) in [5.74, 6) is -1.51. The number of aliphatic hydroxyl groups excluding tert-OH is 1. The third-order valence-corrected chi connectivity index (χ3v) is 9.21. The van der Waals surface area contributed by atoms with Crippen LogP contribution in [0.1, 0.15) is 54.7 Å². The van der Waals surface area contributed by atoms with Crippen LogP contribution in [0.25, 0.3) is 0 Å². The number of aliphatic hydroxyl groups is 1. The predicted molar refractivity (Wildman–Crippen MR) is 155 cm³/mol. The van der Waals surface area contributed by atoms with Crippen molar-refractivity contribution in [1.29, 1.82) is 0 Å². The highest BCUT2D eigenvalue weighted by Crippen LogP contribution is 2.34. The fourth-order valence-corrected chi connectivity index (χ4v) is 6.96. The molecule has 0 saturated carbocycles. The molecule has 208 valence electrons. The Balaban J connectivity index is 2.14. The Bertz CT molecular complexity index is 1380. The average Bonchev–Trinajstić information content (AvgIpc) is 2.89. The van der Waals surface area contributed by atoms with E-state index in [0.29, 0.717) is 22.3 Å². The summed E-state index contributed by atoms with van der Waals surface area (Å²) in [5.41, 5.74) is 4.20. The number of carbonyl (C=O) groups excluding carboxylic acids is 1. The molecule has 0 spiro atoms. The third-order valence-electron chi connectivity index (χ3n) is 6.97. The second-order valence-electron chi connectivity index (χ2n) is 10.4. The van der Waals surface area contributed by atoms with Gasteiger partial charge in [-0.2, -0.15) is 4.31 Å². The summed E-state index contributed by atoms with van der Waals surface area (Å²) in [6, 6.07) is 21.4. The number of ether oxygens (including phenoxy) is 1. The van der Waals surface area contributed by atoms with Crippen molar-refractivity contribution in [2.75, 3.05) is 0 Å². The number of hydrogen-bond donors (Lipinski definition) is 1. The molecule has 7 heteroatoms. The number of rotatable bonds is 11. The van der Waals surface area contributed by atoms with Crippen LogP contribution in [0.15, 0.2) is 89.8 Å². The molecule has 0 fully saturated rings. The first-order valence-corrected chi connectivity index (χ1v) is 14.5. The summed E-state index contributed by atoms with van der Waals surface area (Å²) in [6.45, 7) is 14.3. The van der Waals surface area contributed by atoms with Gasteiger partial charge < -0.3 is 9.84 Å². The lowest BCUT2D eigenvalue weighted by atomic mass is 9.98. The van der Waals surface area contributed by atoms with Crippen LogP contribution in [0.4, 0.5) is 0 Å². The van der Waals surface area contributed by atoms with Gasteiger partial charge >= 0.3 is 5.97 Å². The molecule has 0 radical (unpaired) electrons. The Morgan fingerprint density at radius 2 is 1.46 bits per heavy atom. The summed E-state index contributed by atoms with van der Waals surface area (Å²) in [4.78, 5) is 13.5. The van der Waals surface area contributed by atoms with Crippen molar-refractivity contribution in [2.24, 2.45) is 5.92 Å². The van der Waals surface area contributed by atoms with Gasteiger partial charge in [0.15, 0.2) is 0 Å². The highest BCUT2D eigenvalue weighted by Gasteiger charge is 2.39. The van der Waals surface area contributed by atoms with Crippen molar-refractivity contribution >= 4 is 16.0 Å². The second-order valence-corrected chi connectivity index (χ2v) is 12.2. The topological polar surface area (TPSA) is 83.9 Å². The Kier molecular flexibility index (Phi) is 9.88. The Morgan fingerprint density at radius 3 is 1.97 bits per heavy atom. The van der Waals surface area contributed by atoms with E-state index in [4.69, 9.17) is 4.74 Å². The van der Waals surface area contributed by atoms with Crippen molar-refractivity contribution < 1.29 is 23.1 Å². The summed E-state index contributed by atoms with van der Waals surface area (Å²) >= 11 is 0. The Morgan fingerprint density at radius 1 is 0.949 bits per heavy atom. The van der Waals surface area contributed by atoms with E-state index in [9.17, 15) is 18.3 Å². The monoisotopic (exact) mass is 549 g/mol. The fourth-order valence-electron chi connectivity index (χ4n) is 4.93. The van der Waals surface area contributed by atoms with Gasteiger partial charge in [0.25, 0.3) is 0 Å². The van der Waals surface area contributed by atoms with E-state index in [1.807, 2.05) is 79.7 Å². The van der Waals surface area contributed by atoms with Crippen molar-refractivity contribution in [3.8, 4) is 0 Å². The number of esters is 1. The molecule has 0 aromatic heterocycles. The molecule has 3 aromatic rings. The van der Waals surface area contributed by atoms with Crippen LogP contribution in [0.2, 0.25) is 0 Å². The Hall–Kier alpha value is -3.26. The van der Waals surface area contributed by atoms with Crippen LogP contribution in [0.5, 0.6) is 0 Å². The van der Waals surface area contributed by atoms with E-state index in [-0.39, 0.29) is 11.4 Å². The van der Waals surface area contributed by atoms with Crippen LogP contribution in [0, 0.1) is 26.7 Å². The van der Waals surface area contributed by atoms with Crippen LogP contribution in [-0.4, -0.2) is 35.9 Å². The molecule has 3 rings (SSSR count). The number of sulfonamides is 1. The van der Waals surface area contributed by atoms with Gasteiger partial charge in [-0.15, -0.1) is 0 Å². The van der Waals surface area contributed by atoms with Gasteiger partial charge in [0.05, 0.1) is 23.0 Å². The maximum Gasteiger partial charge on any atom is 0.312 e. The zero-order valence-electron chi connectivity index (χ0n) is 23.6. The van der Waals surface area contributed by atoms with Gasteiger partial charge in [-0.1, -0.05) is 90.5 Å². The van der Waals surface area contributed by atoms with Gasteiger partial charge in [-0.3, -0.25) is 4.79 Å². The first-order valence-electron chi connectivity index (χ1n) is 13.1. The average molecular weight is 550 g/mol. The first kappa shape index (κ1) is 30.3. The van der Waals surface area contributed by atoms with E-state index < -0.39 is 40.2 Å². The number of benzene rings is 3. The molecule has 6 nitrogen and oxygen atoms in total. The quantitative estimate of drug-likeness (QED) is 0.233. The van der Waals surface area contributed by atoms with Gasteiger partial charge in [-0.25, -0.2) is 8.42 Å². The normalized spacial score (nSPS) is 14.9. The fraction of sp³-hybridized carbons (Fsp3) is 0.344. The molecule has 0 bridgehead atoms. The molecule has 39 heavy (non-hydrogen) atoms. The summed E-state index contributed by atoms with van der Waals surface area (Å²) in [5, 5.41) is 10.4. The molecular formula is C32H39NO5S. The molecule has 0 unspecified atom stereocenters. The molecular weight excluding hydrogens is 510 g/mol. The molecule has 0 heterocycles. The van der Waals surface area contributed by atoms with Gasteiger partial charge in [0, 0.05) is 6.54 Å². The van der Waals surface area contributed by atoms with Crippen LogP contribution < -0.4 is 0 Å². The smallest absolute Gasteiger partial charge is 0.312 e. The number of hydrogen-bond acceptors (Lipinski definition) is 5. The first-order chi connectivity index (χ1) is 18.3. The van der Waals surface area contributed by atoms with Crippen LogP contribution in [0.3, 0.4) is 0 Å². The van der Waals surface area contributed by atoms with Crippen LogP contribution in [-0.2, 0) is 26.1 Å².